The average Bonchev–Trinajstić information content (AvgIpc) is 3.08. The number of imidazole rings is 1. The van der Waals surface area contributed by atoms with Crippen molar-refractivity contribution in [3.63, 3.8) is 0 Å². The molecule has 0 amide bonds. The molecule has 144 valence electrons. The van der Waals surface area contributed by atoms with Crippen LogP contribution >= 0.6 is 0 Å². The number of benzene rings is 1. The maximum absolute atomic E-state index is 5.92. The molecule has 0 aliphatic rings. The van der Waals surface area contributed by atoms with Gasteiger partial charge in [-0.25, -0.2) is 9.13 Å². The van der Waals surface area contributed by atoms with Gasteiger partial charge in [0, 0.05) is 0 Å². The molecule has 1 heterocycles. The molecule has 2 rings (SSSR count). The fourth-order valence-electron chi connectivity index (χ4n) is 3.35. The summed E-state index contributed by atoms with van der Waals surface area (Å²) in [7, 11) is 0. The largest absolute Gasteiger partial charge is 0.342 e. The monoisotopic (exact) mass is 357 g/mol. The van der Waals surface area contributed by atoms with Crippen molar-refractivity contribution in [2.75, 3.05) is 6.61 Å². The first-order valence-corrected chi connectivity index (χ1v) is 10.6. The Morgan fingerprint density at radius 1 is 0.846 bits per heavy atom. The van der Waals surface area contributed by atoms with Crippen LogP contribution in [0.2, 0.25) is 0 Å². The standard InChI is InChI=1S/C23H37N2O/c1-3-5-7-8-9-13-17-24-18-19-25(21-26-20-14-6-4-2)23(24)22-15-11-10-12-16-22/h10-12,15-16,18-19H,3-9,13-14,17,20-21H2,1-2H3/q+1. The first kappa shape index (κ1) is 20.7. The van der Waals surface area contributed by atoms with Crippen LogP contribution in [0.15, 0.2) is 42.7 Å². The Balaban J connectivity index is 1.96. The van der Waals surface area contributed by atoms with Gasteiger partial charge in [0.1, 0.15) is 12.4 Å². The summed E-state index contributed by atoms with van der Waals surface area (Å²) >= 11 is 0. The van der Waals surface area contributed by atoms with E-state index in [-0.39, 0.29) is 0 Å². The molecule has 0 spiro atoms. The predicted octanol–water partition coefficient (Wildman–Crippen LogP) is 5.97. The Morgan fingerprint density at radius 2 is 1.54 bits per heavy atom. The minimum atomic E-state index is 0.636. The summed E-state index contributed by atoms with van der Waals surface area (Å²) in [6, 6.07) is 10.7. The fourth-order valence-corrected chi connectivity index (χ4v) is 3.35. The summed E-state index contributed by atoms with van der Waals surface area (Å²) in [4.78, 5) is 0. The average molecular weight is 358 g/mol. The highest BCUT2D eigenvalue weighted by molar-refractivity contribution is 5.52. The summed E-state index contributed by atoms with van der Waals surface area (Å²) in [5.41, 5.74) is 1.26. The third kappa shape index (κ3) is 6.95. The zero-order chi connectivity index (χ0) is 18.5. The van der Waals surface area contributed by atoms with Gasteiger partial charge >= 0.3 is 0 Å². The molecule has 2 aromatic rings. The summed E-state index contributed by atoms with van der Waals surface area (Å²) in [6.45, 7) is 7.06. The molecular weight excluding hydrogens is 320 g/mol. The SMILES string of the molecule is CCCCCCCCn1cc[n+](COCCCCC)c1-c1ccccc1. The van der Waals surface area contributed by atoms with Crippen molar-refractivity contribution in [3.05, 3.63) is 42.7 Å². The third-order valence-electron chi connectivity index (χ3n) is 4.88. The van der Waals surface area contributed by atoms with Gasteiger partial charge in [-0.3, -0.25) is 0 Å². The van der Waals surface area contributed by atoms with Gasteiger partial charge in [0.2, 0.25) is 0 Å². The Labute approximate surface area is 160 Å². The minimum Gasteiger partial charge on any atom is -0.342 e. The second kappa shape index (κ2) is 12.7. The topological polar surface area (TPSA) is 18.0 Å². The van der Waals surface area contributed by atoms with Crippen LogP contribution in [0.4, 0.5) is 0 Å². The van der Waals surface area contributed by atoms with Crippen molar-refractivity contribution in [2.24, 2.45) is 0 Å². The molecule has 0 atom stereocenters. The molecule has 0 saturated heterocycles. The second-order valence-electron chi connectivity index (χ2n) is 7.16. The molecule has 0 bridgehead atoms. The lowest BCUT2D eigenvalue weighted by Gasteiger charge is -2.07. The normalized spacial score (nSPS) is 11.2. The van der Waals surface area contributed by atoms with E-state index < -0.39 is 0 Å². The van der Waals surface area contributed by atoms with Crippen molar-refractivity contribution >= 4 is 0 Å². The number of aromatic nitrogens is 2. The number of rotatable bonds is 14. The second-order valence-corrected chi connectivity index (χ2v) is 7.16. The molecule has 3 heteroatoms. The number of ether oxygens (including phenoxy) is 1. The Bertz CT molecular complexity index is 592. The van der Waals surface area contributed by atoms with E-state index in [9.17, 15) is 0 Å². The maximum atomic E-state index is 5.92. The van der Waals surface area contributed by atoms with Gasteiger partial charge in [-0.15, -0.1) is 0 Å². The van der Waals surface area contributed by atoms with Crippen molar-refractivity contribution in [1.29, 1.82) is 0 Å². The molecular formula is C23H37N2O+. The molecule has 3 nitrogen and oxygen atoms in total. The first-order valence-electron chi connectivity index (χ1n) is 10.6. The third-order valence-corrected chi connectivity index (χ3v) is 4.88. The van der Waals surface area contributed by atoms with Crippen LogP contribution in [0.25, 0.3) is 11.4 Å². The lowest BCUT2D eigenvalue weighted by Crippen LogP contribution is -2.36. The quantitative estimate of drug-likeness (QED) is 0.301. The van der Waals surface area contributed by atoms with Gasteiger partial charge in [0.25, 0.3) is 5.82 Å². The summed E-state index contributed by atoms with van der Waals surface area (Å²) in [6.07, 6.45) is 16.0. The van der Waals surface area contributed by atoms with Crippen LogP contribution in [0.1, 0.15) is 71.6 Å². The number of nitrogens with zero attached hydrogens (tertiary/aromatic N) is 2. The van der Waals surface area contributed by atoms with E-state index in [4.69, 9.17) is 4.74 Å². The summed E-state index contributed by atoms with van der Waals surface area (Å²) in [5, 5.41) is 0. The Kier molecular flexibility index (Phi) is 10.1. The number of aryl methyl sites for hydroxylation is 1. The van der Waals surface area contributed by atoms with Gasteiger partial charge < -0.3 is 4.74 Å². The fraction of sp³-hybridized carbons (Fsp3) is 0.609. The summed E-state index contributed by atoms with van der Waals surface area (Å²) < 4.78 is 10.6. The van der Waals surface area contributed by atoms with E-state index in [1.54, 1.807) is 0 Å². The van der Waals surface area contributed by atoms with Crippen LogP contribution < -0.4 is 4.57 Å². The van der Waals surface area contributed by atoms with Crippen molar-refractivity contribution < 1.29 is 9.30 Å². The van der Waals surface area contributed by atoms with Crippen LogP contribution in [-0.4, -0.2) is 11.2 Å². The minimum absolute atomic E-state index is 0.636. The molecule has 0 unspecified atom stereocenters. The van der Waals surface area contributed by atoms with Crippen LogP contribution in [0.5, 0.6) is 0 Å². The van der Waals surface area contributed by atoms with Crippen LogP contribution in [-0.2, 0) is 18.0 Å². The molecule has 0 aliphatic carbocycles. The van der Waals surface area contributed by atoms with Gasteiger partial charge in [0.05, 0.1) is 18.7 Å². The highest BCUT2D eigenvalue weighted by Gasteiger charge is 2.18. The predicted molar refractivity (Wildman–Crippen MR) is 109 cm³/mol. The van der Waals surface area contributed by atoms with Gasteiger partial charge in [0.15, 0.2) is 6.73 Å². The van der Waals surface area contributed by atoms with Crippen molar-refractivity contribution in [3.8, 4) is 11.4 Å². The molecule has 1 aromatic heterocycles. The summed E-state index contributed by atoms with van der Waals surface area (Å²) in [5.74, 6) is 1.26. The lowest BCUT2D eigenvalue weighted by atomic mass is 10.1. The van der Waals surface area contributed by atoms with Crippen LogP contribution in [0, 0.1) is 0 Å². The highest BCUT2D eigenvalue weighted by Crippen LogP contribution is 2.17. The van der Waals surface area contributed by atoms with E-state index in [0.29, 0.717) is 6.73 Å². The van der Waals surface area contributed by atoms with Crippen molar-refractivity contribution in [1.82, 2.24) is 4.57 Å². The van der Waals surface area contributed by atoms with Gasteiger partial charge in [-0.2, -0.15) is 0 Å². The Morgan fingerprint density at radius 3 is 2.31 bits per heavy atom. The molecule has 0 saturated carbocycles. The number of hydrogen-bond donors (Lipinski definition) is 0. The molecule has 0 fully saturated rings. The Hall–Kier alpha value is -1.61. The lowest BCUT2D eigenvalue weighted by molar-refractivity contribution is -0.722. The molecule has 1 aromatic carbocycles. The van der Waals surface area contributed by atoms with Crippen molar-refractivity contribution in [2.45, 2.75) is 84.9 Å². The van der Waals surface area contributed by atoms with Gasteiger partial charge in [-0.1, -0.05) is 70.6 Å². The van der Waals surface area contributed by atoms with E-state index in [1.807, 2.05) is 0 Å². The van der Waals surface area contributed by atoms with E-state index in [0.717, 1.165) is 19.6 Å². The zero-order valence-electron chi connectivity index (χ0n) is 16.8. The molecule has 0 aliphatic heterocycles. The van der Waals surface area contributed by atoms with E-state index >= 15 is 0 Å². The maximum Gasteiger partial charge on any atom is 0.290 e. The molecule has 0 radical (unpaired) electrons. The highest BCUT2D eigenvalue weighted by atomic mass is 16.5. The van der Waals surface area contributed by atoms with E-state index in [2.05, 4.69) is 65.7 Å². The first-order chi connectivity index (χ1) is 12.9. The smallest absolute Gasteiger partial charge is 0.290 e. The van der Waals surface area contributed by atoms with Crippen LogP contribution in [0.3, 0.4) is 0 Å². The number of unbranched alkanes of at least 4 members (excludes halogenated alkanes) is 7. The zero-order valence-corrected chi connectivity index (χ0v) is 16.8. The molecule has 0 N–H and O–H groups in total. The van der Waals surface area contributed by atoms with Gasteiger partial charge in [-0.05, 0) is 31.4 Å². The number of hydrogen-bond acceptors (Lipinski definition) is 1. The van der Waals surface area contributed by atoms with E-state index in [1.165, 1.54) is 62.8 Å². The molecule has 26 heavy (non-hydrogen) atoms.